The Bertz CT molecular complexity index is 526. The minimum absolute atomic E-state index is 1.07. The van der Waals surface area contributed by atoms with Gasteiger partial charge in [0.25, 0.3) is 0 Å². The average Bonchev–Trinajstić information content (AvgIpc) is 2.39. The van der Waals surface area contributed by atoms with Crippen molar-refractivity contribution in [3.05, 3.63) is 71.8 Å². The molecule has 0 bridgehead atoms. The SMILES string of the molecule is C1=C(c2ccccc2)c2ccccc2SC1. The Kier molecular flexibility index (Phi) is 2.55. The fourth-order valence-electron chi connectivity index (χ4n) is 2.03. The highest BCUT2D eigenvalue weighted by Crippen LogP contribution is 2.36. The lowest BCUT2D eigenvalue weighted by Crippen LogP contribution is -1.96. The van der Waals surface area contributed by atoms with Crippen molar-refractivity contribution in [3.63, 3.8) is 0 Å². The van der Waals surface area contributed by atoms with Gasteiger partial charge in [-0.1, -0.05) is 54.6 Å². The zero-order chi connectivity index (χ0) is 10.8. The summed E-state index contributed by atoms with van der Waals surface area (Å²) in [5, 5.41) is 0. The van der Waals surface area contributed by atoms with Crippen LogP contribution < -0.4 is 0 Å². The maximum absolute atomic E-state index is 2.32. The molecule has 0 amide bonds. The van der Waals surface area contributed by atoms with Gasteiger partial charge in [-0.3, -0.25) is 0 Å². The van der Waals surface area contributed by atoms with Crippen LogP contribution in [0, 0.1) is 0 Å². The van der Waals surface area contributed by atoms with E-state index in [2.05, 4.69) is 60.7 Å². The third-order valence-corrected chi connectivity index (χ3v) is 3.79. The van der Waals surface area contributed by atoms with Gasteiger partial charge in [0.2, 0.25) is 0 Å². The van der Waals surface area contributed by atoms with E-state index in [0.29, 0.717) is 0 Å². The summed E-state index contributed by atoms with van der Waals surface area (Å²) in [4.78, 5) is 1.39. The van der Waals surface area contributed by atoms with E-state index in [1.807, 2.05) is 11.8 Å². The zero-order valence-electron chi connectivity index (χ0n) is 8.89. The molecule has 1 heteroatoms. The molecule has 0 spiro atoms. The maximum Gasteiger partial charge on any atom is 0.0170 e. The first-order valence-corrected chi connectivity index (χ1v) is 6.41. The van der Waals surface area contributed by atoms with Gasteiger partial charge in [0.05, 0.1) is 0 Å². The van der Waals surface area contributed by atoms with Gasteiger partial charge in [0.1, 0.15) is 0 Å². The van der Waals surface area contributed by atoms with Crippen molar-refractivity contribution in [1.29, 1.82) is 0 Å². The molecule has 0 N–H and O–H groups in total. The Hall–Kier alpha value is -1.47. The van der Waals surface area contributed by atoms with Gasteiger partial charge in [-0.05, 0) is 22.8 Å². The molecule has 0 aromatic heterocycles. The summed E-state index contributed by atoms with van der Waals surface area (Å²) < 4.78 is 0. The summed E-state index contributed by atoms with van der Waals surface area (Å²) in [7, 11) is 0. The third-order valence-electron chi connectivity index (χ3n) is 2.79. The highest BCUT2D eigenvalue weighted by Gasteiger charge is 2.13. The molecule has 16 heavy (non-hydrogen) atoms. The summed E-state index contributed by atoms with van der Waals surface area (Å²) in [6.07, 6.45) is 2.32. The second kappa shape index (κ2) is 4.18. The van der Waals surface area contributed by atoms with Crippen molar-refractivity contribution in [3.8, 4) is 0 Å². The van der Waals surface area contributed by atoms with E-state index in [1.165, 1.54) is 21.6 Å². The summed E-state index contributed by atoms with van der Waals surface area (Å²) in [5.41, 5.74) is 4.05. The van der Waals surface area contributed by atoms with Gasteiger partial charge in [-0.2, -0.15) is 0 Å². The summed E-state index contributed by atoms with van der Waals surface area (Å²) in [6, 6.07) is 19.3. The van der Waals surface area contributed by atoms with Gasteiger partial charge >= 0.3 is 0 Å². The van der Waals surface area contributed by atoms with E-state index in [9.17, 15) is 0 Å². The van der Waals surface area contributed by atoms with Crippen molar-refractivity contribution in [2.75, 3.05) is 5.75 Å². The third kappa shape index (κ3) is 1.68. The molecule has 2 aromatic rings. The number of hydrogen-bond acceptors (Lipinski definition) is 1. The van der Waals surface area contributed by atoms with Crippen LogP contribution in [0.4, 0.5) is 0 Å². The van der Waals surface area contributed by atoms with Gasteiger partial charge < -0.3 is 0 Å². The van der Waals surface area contributed by atoms with Crippen LogP contribution in [0.2, 0.25) is 0 Å². The highest BCUT2D eigenvalue weighted by atomic mass is 32.2. The number of rotatable bonds is 1. The van der Waals surface area contributed by atoms with Crippen molar-refractivity contribution in [2.24, 2.45) is 0 Å². The zero-order valence-corrected chi connectivity index (χ0v) is 9.71. The van der Waals surface area contributed by atoms with E-state index in [0.717, 1.165) is 5.75 Å². The minimum Gasteiger partial charge on any atom is -0.121 e. The Morgan fingerprint density at radius 3 is 2.44 bits per heavy atom. The molecule has 0 aliphatic carbocycles. The molecule has 0 nitrogen and oxygen atoms in total. The van der Waals surface area contributed by atoms with E-state index < -0.39 is 0 Å². The monoisotopic (exact) mass is 224 g/mol. The van der Waals surface area contributed by atoms with Gasteiger partial charge in [-0.15, -0.1) is 11.8 Å². The van der Waals surface area contributed by atoms with E-state index in [4.69, 9.17) is 0 Å². The van der Waals surface area contributed by atoms with Gasteiger partial charge in [0.15, 0.2) is 0 Å². The van der Waals surface area contributed by atoms with Crippen molar-refractivity contribution >= 4 is 17.3 Å². The topological polar surface area (TPSA) is 0 Å². The number of fused-ring (bicyclic) bond motifs is 1. The van der Waals surface area contributed by atoms with E-state index in [-0.39, 0.29) is 0 Å². The molecule has 0 radical (unpaired) electrons. The lowest BCUT2D eigenvalue weighted by molar-refractivity contribution is 1.36. The molecule has 1 aliphatic heterocycles. The van der Waals surface area contributed by atoms with Crippen LogP contribution in [-0.2, 0) is 0 Å². The molecular formula is C15H12S. The quantitative estimate of drug-likeness (QED) is 0.698. The predicted octanol–water partition coefficient (Wildman–Crippen LogP) is 4.22. The lowest BCUT2D eigenvalue weighted by atomic mass is 9.97. The van der Waals surface area contributed by atoms with Crippen LogP contribution in [0.25, 0.3) is 5.57 Å². The normalized spacial score (nSPS) is 14.1. The van der Waals surface area contributed by atoms with Crippen molar-refractivity contribution in [2.45, 2.75) is 4.90 Å². The molecule has 0 saturated carbocycles. The molecule has 1 heterocycles. The standard InChI is InChI=1S/C15H12S/c1-2-6-12(7-3-1)13-10-11-16-15-9-5-4-8-14(13)15/h1-10H,11H2. The summed E-state index contributed by atoms with van der Waals surface area (Å²) >= 11 is 1.91. The molecule has 0 unspecified atom stereocenters. The Balaban J connectivity index is 2.13. The Morgan fingerprint density at radius 2 is 1.56 bits per heavy atom. The minimum atomic E-state index is 1.07. The smallest absolute Gasteiger partial charge is 0.0170 e. The molecule has 0 saturated heterocycles. The number of thioether (sulfide) groups is 1. The molecular weight excluding hydrogens is 212 g/mol. The fraction of sp³-hybridized carbons (Fsp3) is 0.0667. The molecule has 2 aromatic carbocycles. The van der Waals surface area contributed by atoms with Crippen molar-refractivity contribution < 1.29 is 0 Å². The first kappa shape index (κ1) is 9.73. The fourth-order valence-corrected chi connectivity index (χ4v) is 2.97. The lowest BCUT2D eigenvalue weighted by Gasteiger charge is -2.17. The molecule has 1 aliphatic rings. The van der Waals surface area contributed by atoms with E-state index >= 15 is 0 Å². The Labute approximate surface area is 100 Å². The first-order valence-electron chi connectivity index (χ1n) is 5.43. The van der Waals surface area contributed by atoms with Gasteiger partial charge in [0, 0.05) is 10.6 Å². The van der Waals surface area contributed by atoms with Crippen LogP contribution in [0.5, 0.6) is 0 Å². The van der Waals surface area contributed by atoms with Crippen LogP contribution in [0.3, 0.4) is 0 Å². The highest BCUT2D eigenvalue weighted by molar-refractivity contribution is 7.99. The van der Waals surface area contributed by atoms with Crippen LogP contribution in [-0.4, -0.2) is 5.75 Å². The number of benzene rings is 2. The summed E-state index contributed by atoms with van der Waals surface area (Å²) in [6.45, 7) is 0. The van der Waals surface area contributed by atoms with Crippen LogP contribution in [0.1, 0.15) is 11.1 Å². The second-order valence-electron chi connectivity index (χ2n) is 3.79. The molecule has 3 rings (SSSR count). The van der Waals surface area contributed by atoms with Crippen molar-refractivity contribution in [1.82, 2.24) is 0 Å². The summed E-state index contributed by atoms with van der Waals surface area (Å²) in [5.74, 6) is 1.07. The molecule has 0 atom stereocenters. The number of hydrogen-bond donors (Lipinski definition) is 0. The molecule has 0 fully saturated rings. The first-order chi connectivity index (χ1) is 7.95. The second-order valence-corrected chi connectivity index (χ2v) is 4.85. The largest absolute Gasteiger partial charge is 0.121 e. The predicted molar refractivity (Wildman–Crippen MR) is 70.7 cm³/mol. The van der Waals surface area contributed by atoms with Crippen LogP contribution in [0.15, 0.2) is 65.6 Å². The van der Waals surface area contributed by atoms with E-state index in [1.54, 1.807) is 0 Å². The van der Waals surface area contributed by atoms with Gasteiger partial charge in [-0.25, -0.2) is 0 Å². The molecule has 78 valence electrons. The van der Waals surface area contributed by atoms with Crippen LogP contribution >= 0.6 is 11.8 Å². The maximum atomic E-state index is 2.32. The Morgan fingerprint density at radius 1 is 0.812 bits per heavy atom. The average molecular weight is 224 g/mol.